The summed E-state index contributed by atoms with van der Waals surface area (Å²) >= 11 is 0. The second kappa shape index (κ2) is 8.09. The van der Waals surface area contributed by atoms with E-state index in [1.165, 1.54) is 0 Å². The maximum Gasteiger partial charge on any atom is 0.255 e. The number of β-amino-alcohol motifs (C(OH)–C–C–N with tert-alkyl or cyclic N) is 1. The number of amides is 1. The van der Waals surface area contributed by atoms with E-state index in [9.17, 15) is 9.90 Å². The van der Waals surface area contributed by atoms with Gasteiger partial charge in [-0.05, 0) is 11.6 Å². The van der Waals surface area contributed by atoms with Crippen molar-refractivity contribution in [2.45, 2.75) is 6.10 Å². The number of aromatic nitrogens is 1. The molecule has 0 radical (unpaired) electrons. The summed E-state index contributed by atoms with van der Waals surface area (Å²) < 4.78 is 5.02. The lowest BCUT2D eigenvalue weighted by Crippen LogP contribution is -2.49. The van der Waals surface area contributed by atoms with E-state index in [0.29, 0.717) is 31.1 Å². The van der Waals surface area contributed by atoms with E-state index < -0.39 is 6.10 Å². The van der Waals surface area contributed by atoms with Crippen molar-refractivity contribution in [2.24, 2.45) is 0 Å². The molecule has 1 aliphatic rings. The number of ether oxygens (including phenoxy) is 1. The Morgan fingerprint density at radius 1 is 1.16 bits per heavy atom. The van der Waals surface area contributed by atoms with Crippen LogP contribution in [-0.2, 0) is 0 Å². The van der Waals surface area contributed by atoms with Gasteiger partial charge in [0.25, 0.3) is 5.91 Å². The SMILES string of the molecule is COc1ccc(C(=O)N2CCN(C[C@@H](O)c3ccccc3)CC2)cn1. The minimum absolute atomic E-state index is 0.0154. The summed E-state index contributed by atoms with van der Waals surface area (Å²) in [4.78, 5) is 20.6. The molecular formula is C19H23N3O3. The second-order valence-corrected chi connectivity index (χ2v) is 6.11. The molecule has 0 spiro atoms. The predicted molar refractivity (Wildman–Crippen MR) is 94.5 cm³/mol. The number of rotatable bonds is 5. The van der Waals surface area contributed by atoms with Crippen LogP contribution in [0.5, 0.6) is 5.88 Å². The van der Waals surface area contributed by atoms with Crippen LogP contribution in [0.1, 0.15) is 22.0 Å². The highest BCUT2D eigenvalue weighted by Crippen LogP contribution is 2.16. The average molecular weight is 341 g/mol. The average Bonchev–Trinajstić information content (AvgIpc) is 2.69. The van der Waals surface area contributed by atoms with Gasteiger partial charge in [0.1, 0.15) is 0 Å². The van der Waals surface area contributed by atoms with Crippen molar-refractivity contribution in [3.8, 4) is 5.88 Å². The minimum Gasteiger partial charge on any atom is -0.481 e. The smallest absolute Gasteiger partial charge is 0.255 e. The molecular weight excluding hydrogens is 318 g/mol. The highest BCUT2D eigenvalue weighted by molar-refractivity contribution is 5.94. The molecule has 25 heavy (non-hydrogen) atoms. The number of piperazine rings is 1. The monoisotopic (exact) mass is 341 g/mol. The van der Waals surface area contributed by atoms with Crippen LogP contribution >= 0.6 is 0 Å². The molecule has 1 N–H and O–H groups in total. The topological polar surface area (TPSA) is 65.9 Å². The molecule has 0 bridgehead atoms. The van der Waals surface area contributed by atoms with E-state index in [1.54, 1.807) is 25.4 Å². The molecule has 1 aliphatic heterocycles. The number of methoxy groups -OCH3 is 1. The maximum absolute atomic E-state index is 12.5. The van der Waals surface area contributed by atoms with Crippen molar-refractivity contribution >= 4 is 5.91 Å². The van der Waals surface area contributed by atoms with Crippen LogP contribution in [0.3, 0.4) is 0 Å². The first kappa shape index (κ1) is 17.4. The molecule has 2 heterocycles. The summed E-state index contributed by atoms with van der Waals surface area (Å²) in [5.74, 6) is 0.481. The molecule has 1 aromatic carbocycles. The van der Waals surface area contributed by atoms with Crippen LogP contribution in [0.2, 0.25) is 0 Å². The third-order valence-electron chi connectivity index (χ3n) is 4.47. The van der Waals surface area contributed by atoms with Crippen LogP contribution < -0.4 is 4.74 Å². The third kappa shape index (κ3) is 4.35. The van der Waals surface area contributed by atoms with Gasteiger partial charge in [-0.1, -0.05) is 30.3 Å². The normalized spacial score (nSPS) is 16.5. The van der Waals surface area contributed by atoms with Crippen LogP contribution in [0.15, 0.2) is 48.7 Å². The summed E-state index contributed by atoms with van der Waals surface area (Å²) in [5.41, 5.74) is 1.49. The first-order valence-electron chi connectivity index (χ1n) is 8.42. The fraction of sp³-hybridized carbons (Fsp3) is 0.368. The quantitative estimate of drug-likeness (QED) is 0.894. The summed E-state index contributed by atoms with van der Waals surface area (Å²) in [6.45, 7) is 3.37. The van der Waals surface area contributed by atoms with Gasteiger partial charge in [-0.3, -0.25) is 9.69 Å². The number of carbonyl (C=O) groups is 1. The van der Waals surface area contributed by atoms with Gasteiger partial charge >= 0.3 is 0 Å². The zero-order valence-corrected chi connectivity index (χ0v) is 14.3. The summed E-state index contributed by atoms with van der Waals surface area (Å²) in [6.07, 6.45) is 1.04. The molecule has 6 nitrogen and oxygen atoms in total. The summed E-state index contributed by atoms with van der Waals surface area (Å²) in [6, 6.07) is 13.1. The van der Waals surface area contributed by atoms with E-state index in [1.807, 2.05) is 35.2 Å². The first-order chi connectivity index (χ1) is 12.2. The number of hydrogen-bond donors (Lipinski definition) is 1. The molecule has 3 rings (SSSR count). The highest BCUT2D eigenvalue weighted by atomic mass is 16.5. The van der Waals surface area contributed by atoms with Gasteiger partial charge in [0.2, 0.25) is 5.88 Å². The lowest BCUT2D eigenvalue weighted by atomic mass is 10.1. The van der Waals surface area contributed by atoms with Crippen LogP contribution in [-0.4, -0.2) is 65.6 Å². The van der Waals surface area contributed by atoms with Crippen molar-refractivity contribution in [3.05, 3.63) is 59.8 Å². The first-order valence-corrected chi connectivity index (χ1v) is 8.42. The Morgan fingerprint density at radius 2 is 1.88 bits per heavy atom. The second-order valence-electron chi connectivity index (χ2n) is 6.11. The third-order valence-corrected chi connectivity index (χ3v) is 4.47. The Balaban J connectivity index is 1.51. The van der Waals surface area contributed by atoms with E-state index in [-0.39, 0.29) is 5.91 Å². The van der Waals surface area contributed by atoms with E-state index >= 15 is 0 Å². The molecule has 1 aromatic heterocycles. The highest BCUT2D eigenvalue weighted by Gasteiger charge is 2.24. The number of benzene rings is 1. The summed E-state index contributed by atoms with van der Waals surface area (Å²) in [7, 11) is 1.55. The van der Waals surface area contributed by atoms with Crippen molar-refractivity contribution in [1.82, 2.24) is 14.8 Å². The Hall–Kier alpha value is -2.44. The van der Waals surface area contributed by atoms with Crippen molar-refractivity contribution in [1.29, 1.82) is 0 Å². The Morgan fingerprint density at radius 3 is 2.48 bits per heavy atom. The fourth-order valence-corrected chi connectivity index (χ4v) is 2.97. The Bertz CT molecular complexity index is 683. The molecule has 1 amide bonds. The van der Waals surface area contributed by atoms with Gasteiger partial charge in [0.15, 0.2) is 0 Å². The van der Waals surface area contributed by atoms with Gasteiger partial charge in [0.05, 0.1) is 18.8 Å². The molecule has 1 saturated heterocycles. The lowest BCUT2D eigenvalue weighted by molar-refractivity contribution is 0.0527. The number of aliphatic hydroxyl groups excluding tert-OH is 1. The van der Waals surface area contributed by atoms with Gasteiger partial charge in [-0.2, -0.15) is 0 Å². The molecule has 0 aliphatic carbocycles. The number of pyridine rings is 1. The van der Waals surface area contributed by atoms with Gasteiger partial charge in [0, 0.05) is 45.0 Å². The van der Waals surface area contributed by atoms with E-state index in [0.717, 1.165) is 18.7 Å². The molecule has 1 fully saturated rings. The Kier molecular flexibility index (Phi) is 5.63. The number of aliphatic hydroxyl groups is 1. The molecule has 1 atom stereocenters. The van der Waals surface area contributed by atoms with Crippen molar-refractivity contribution in [3.63, 3.8) is 0 Å². The minimum atomic E-state index is -0.505. The van der Waals surface area contributed by atoms with E-state index in [2.05, 4.69) is 9.88 Å². The molecule has 0 saturated carbocycles. The van der Waals surface area contributed by atoms with E-state index in [4.69, 9.17) is 4.74 Å². The van der Waals surface area contributed by atoms with Crippen LogP contribution in [0.4, 0.5) is 0 Å². The molecule has 0 unspecified atom stereocenters. The molecule has 6 heteroatoms. The Labute approximate surface area is 147 Å². The van der Waals surface area contributed by atoms with Gasteiger partial charge in [-0.15, -0.1) is 0 Å². The standard InChI is InChI=1S/C19H23N3O3/c1-25-18-8-7-16(13-20-18)19(24)22-11-9-21(10-12-22)14-17(23)15-5-3-2-4-6-15/h2-8,13,17,23H,9-12,14H2,1H3/t17-/m1/s1. The lowest BCUT2D eigenvalue weighted by Gasteiger charge is -2.35. The van der Waals surface area contributed by atoms with Crippen LogP contribution in [0, 0.1) is 0 Å². The maximum atomic E-state index is 12.5. The fourth-order valence-electron chi connectivity index (χ4n) is 2.97. The van der Waals surface area contributed by atoms with Gasteiger partial charge in [-0.25, -0.2) is 4.98 Å². The largest absolute Gasteiger partial charge is 0.481 e. The predicted octanol–water partition coefficient (Wildman–Crippen LogP) is 1.58. The molecule has 132 valence electrons. The number of nitrogens with zero attached hydrogens (tertiary/aromatic N) is 3. The zero-order chi connectivity index (χ0) is 17.6. The van der Waals surface area contributed by atoms with Gasteiger partial charge < -0.3 is 14.7 Å². The van der Waals surface area contributed by atoms with Crippen LogP contribution in [0.25, 0.3) is 0 Å². The number of hydrogen-bond acceptors (Lipinski definition) is 5. The van der Waals surface area contributed by atoms with Crippen molar-refractivity contribution in [2.75, 3.05) is 39.8 Å². The summed E-state index contributed by atoms with van der Waals surface area (Å²) in [5, 5.41) is 10.3. The molecule has 2 aromatic rings. The van der Waals surface area contributed by atoms with Crippen molar-refractivity contribution < 1.29 is 14.6 Å². The number of carbonyl (C=O) groups excluding carboxylic acids is 1. The zero-order valence-electron chi connectivity index (χ0n) is 14.3.